The van der Waals surface area contributed by atoms with Crippen LogP contribution in [0.25, 0.3) is 0 Å². The second-order valence-corrected chi connectivity index (χ2v) is 3.94. The Balaban J connectivity index is 2.82. The van der Waals surface area contributed by atoms with Gasteiger partial charge < -0.3 is 15.2 Å². The summed E-state index contributed by atoms with van der Waals surface area (Å²) in [5.41, 5.74) is 0.991. The predicted octanol–water partition coefficient (Wildman–Crippen LogP) is 0.320. The van der Waals surface area contributed by atoms with Crippen LogP contribution in [0.3, 0.4) is 0 Å². The number of ether oxygens (including phenoxy) is 1. The number of hydrogen-bond donors (Lipinski definition) is 2. The monoisotopic (exact) mass is 261 g/mol. The lowest BCUT2D eigenvalue weighted by molar-refractivity contribution is -0.145. The number of methoxy groups -OCH3 is 1. The summed E-state index contributed by atoms with van der Waals surface area (Å²) in [7, 11) is 1.19. The summed E-state index contributed by atoms with van der Waals surface area (Å²) in [5.74, 6) is 1.24. The van der Waals surface area contributed by atoms with Gasteiger partial charge in [0.15, 0.2) is 6.04 Å². The molecule has 2 atom stereocenters. The fourth-order valence-electron chi connectivity index (χ4n) is 1.45. The van der Waals surface area contributed by atoms with E-state index in [2.05, 4.69) is 16.0 Å². The number of esters is 1. The highest BCUT2D eigenvalue weighted by atomic mass is 16.5. The van der Waals surface area contributed by atoms with Crippen molar-refractivity contribution >= 4 is 11.9 Å². The van der Waals surface area contributed by atoms with E-state index < -0.39 is 24.0 Å². The van der Waals surface area contributed by atoms with Gasteiger partial charge in [-0.3, -0.25) is 4.79 Å². The molecule has 0 saturated heterocycles. The average Bonchev–Trinajstić information content (AvgIpc) is 2.43. The summed E-state index contributed by atoms with van der Waals surface area (Å²) in [6, 6.07) is 5.21. The third-order valence-electron chi connectivity index (χ3n) is 2.54. The molecule has 0 spiro atoms. The number of benzene rings is 1. The maximum absolute atomic E-state index is 11.9. The number of terminal acetylenes is 1. The van der Waals surface area contributed by atoms with E-state index in [1.807, 2.05) is 0 Å². The highest BCUT2D eigenvalue weighted by molar-refractivity contribution is 5.97. The van der Waals surface area contributed by atoms with Gasteiger partial charge in [-0.25, -0.2) is 4.79 Å². The van der Waals surface area contributed by atoms with Crippen LogP contribution in [0, 0.1) is 12.3 Å². The summed E-state index contributed by atoms with van der Waals surface area (Å²) in [5, 5.41) is 11.9. The zero-order valence-corrected chi connectivity index (χ0v) is 10.7. The van der Waals surface area contributed by atoms with Crippen LogP contribution in [0.5, 0.6) is 0 Å². The van der Waals surface area contributed by atoms with Crippen LogP contribution in [0.4, 0.5) is 0 Å². The SMILES string of the molecule is C#Cc1ccc(C(=O)NC(C(=O)OC)[C@@H](C)O)cc1. The second kappa shape index (κ2) is 6.57. The predicted molar refractivity (Wildman–Crippen MR) is 69.3 cm³/mol. The van der Waals surface area contributed by atoms with Crippen LogP contribution in [-0.4, -0.2) is 36.2 Å². The molecule has 1 aromatic rings. The number of hydrogen-bond acceptors (Lipinski definition) is 4. The Labute approximate surface area is 111 Å². The lowest BCUT2D eigenvalue weighted by Crippen LogP contribution is -2.48. The van der Waals surface area contributed by atoms with Gasteiger partial charge in [0.1, 0.15) is 0 Å². The molecule has 5 heteroatoms. The van der Waals surface area contributed by atoms with Crippen molar-refractivity contribution in [1.29, 1.82) is 0 Å². The highest BCUT2D eigenvalue weighted by Gasteiger charge is 2.26. The standard InChI is InChI=1S/C14H15NO4/c1-4-10-5-7-11(8-6-10)13(17)15-12(9(2)16)14(18)19-3/h1,5-9,12,16H,2-3H3,(H,15,17)/t9-,12?/m1/s1. The average molecular weight is 261 g/mol. The number of nitrogens with one attached hydrogen (secondary N) is 1. The van der Waals surface area contributed by atoms with Gasteiger partial charge in [-0.2, -0.15) is 0 Å². The molecule has 0 aromatic heterocycles. The van der Waals surface area contributed by atoms with Crippen LogP contribution in [0.15, 0.2) is 24.3 Å². The van der Waals surface area contributed by atoms with E-state index >= 15 is 0 Å². The Kier molecular flexibility index (Phi) is 5.10. The Morgan fingerprint density at radius 1 is 1.37 bits per heavy atom. The lowest BCUT2D eigenvalue weighted by atomic mass is 10.1. The number of amides is 1. The number of aliphatic hydroxyl groups is 1. The Morgan fingerprint density at radius 3 is 2.37 bits per heavy atom. The van der Waals surface area contributed by atoms with Crippen molar-refractivity contribution in [3.8, 4) is 12.3 Å². The van der Waals surface area contributed by atoms with Crippen molar-refractivity contribution in [2.24, 2.45) is 0 Å². The van der Waals surface area contributed by atoms with E-state index in [1.54, 1.807) is 24.3 Å². The molecule has 1 rings (SSSR count). The first-order valence-corrected chi connectivity index (χ1v) is 5.63. The van der Waals surface area contributed by atoms with Crippen molar-refractivity contribution in [1.82, 2.24) is 5.32 Å². The minimum absolute atomic E-state index is 0.341. The van der Waals surface area contributed by atoms with Crippen molar-refractivity contribution in [2.45, 2.75) is 19.1 Å². The number of carbonyl (C=O) groups excluding carboxylic acids is 2. The summed E-state index contributed by atoms with van der Waals surface area (Å²) in [4.78, 5) is 23.3. The van der Waals surface area contributed by atoms with E-state index in [9.17, 15) is 14.7 Å². The Morgan fingerprint density at radius 2 is 1.95 bits per heavy atom. The number of aliphatic hydroxyl groups excluding tert-OH is 1. The van der Waals surface area contributed by atoms with Crippen molar-refractivity contribution in [2.75, 3.05) is 7.11 Å². The van der Waals surface area contributed by atoms with Gasteiger partial charge in [0.05, 0.1) is 13.2 Å². The molecule has 1 aromatic carbocycles. The molecule has 2 N–H and O–H groups in total. The molecule has 0 bridgehead atoms. The molecular formula is C14H15NO4. The minimum atomic E-state index is -1.11. The van der Waals surface area contributed by atoms with Crippen molar-refractivity contribution < 1.29 is 19.4 Å². The number of rotatable bonds is 4. The molecule has 0 aliphatic heterocycles. The number of carbonyl (C=O) groups is 2. The van der Waals surface area contributed by atoms with E-state index in [0.29, 0.717) is 11.1 Å². The normalized spacial score (nSPS) is 12.9. The quantitative estimate of drug-likeness (QED) is 0.604. The van der Waals surface area contributed by atoms with Crippen LogP contribution in [0.1, 0.15) is 22.8 Å². The molecule has 0 aliphatic rings. The second-order valence-electron chi connectivity index (χ2n) is 3.94. The molecule has 0 fully saturated rings. The first kappa shape index (κ1) is 14.7. The van der Waals surface area contributed by atoms with Crippen LogP contribution >= 0.6 is 0 Å². The largest absolute Gasteiger partial charge is 0.467 e. The summed E-state index contributed by atoms with van der Waals surface area (Å²) < 4.78 is 4.51. The van der Waals surface area contributed by atoms with Gasteiger partial charge in [0.2, 0.25) is 0 Å². The van der Waals surface area contributed by atoms with Crippen molar-refractivity contribution in [3.05, 3.63) is 35.4 Å². The topological polar surface area (TPSA) is 75.6 Å². The zero-order valence-electron chi connectivity index (χ0n) is 10.7. The molecule has 5 nitrogen and oxygen atoms in total. The van der Waals surface area contributed by atoms with Gasteiger partial charge in [-0.1, -0.05) is 5.92 Å². The first-order chi connectivity index (χ1) is 8.99. The van der Waals surface area contributed by atoms with Gasteiger partial charge in [0, 0.05) is 11.1 Å². The minimum Gasteiger partial charge on any atom is -0.467 e. The van der Waals surface area contributed by atoms with Crippen LogP contribution < -0.4 is 5.32 Å². The third-order valence-corrected chi connectivity index (χ3v) is 2.54. The van der Waals surface area contributed by atoms with Crippen LogP contribution in [-0.2, 0) is 9.53 Å². The summed E-state index contributed by atoms with van der Waals surface area (Å²) in [6.07, 6.45) is 4.16. The fourth-order valence-corrected chi connectivity index (χ4v) is 1.45. The molecule has 0 aliphatic carbocycles. The first-order valence-electron chi connectivity index (χ1n) is 5.63. The summed E-state index contributed by atoms with van der Waals surface area (Å²) in [6.45, 7) is 1.39. The van der Waals surface area contributed by atoms with Gasteiger partial charge in [-0.15, -0.1) is 6.42 Å². The van der Waals surface area contributed by atoms with Gasteiger partial charge in [0.25, 0.3) is 5.91 Å². The van der Waals surface area contributed by atoms with E-state index in [4.69, 9.17) is 6.42 Å². The molecule has 1 unspecified atom stereocenters. The smallest absolute Gasteiger partial charge is 0.331 e. The maximum Gasteiger partial charge on any atom is 0.331 e. The van der Waals surface area contributed by atoms with Gasteiger partial charge in [-0.05, 0) is 31.2 Å². The zero-order chi connectivity index (χ0) is 14.4. The highest BCUT2D eigenvalue weighted by Crippen LogP contribution is 2.05. The summed E-state index contributed by atoms with van der Waals surface area (Å²) >= 11 is 0. The Bertz CT molecular complexity index is 499. The lowest BCUT2D eigenvalue weighted by Gasteiger charge is -2.18. The van der Waals surface area contributed by atoms with E-state index in [-0.39, 0.29) is 0 Å². The Hall–Kier alpha value is -2.32. The van der Waals surface area contributed by atoms with Gasteiger partial charge >= 0.3 is 5.97 Å². The molecule has 1 amide bonds. The molecule has 100 valence electrons. The third kappa shape index (κ3) is 3.83. The molecule has 0 heterocycles. The van der Waals surface area contributed by atoms with E-state index in [1.165, 1.54) is 14.0 Å². The maximum atomic E-state index is 11.9. The van der Waals surface area contributed by atoms with E-state index in [0.717, 1.165) is 0 Å². The molecule has 0 radical (unpaired) electrons. The van der Waals surface area contributed by atoms with Crippen LogP contribution in [0.2, 0.25) is 0 Å². The van der Waals surface area contributed by atoms with Crippen molar-refractivity contribution in [3.63, 3.8) is 0 Å². The molecule has 0 saturated carbocycles. The molecule has 19 heavy (non-hydrogen) atoms. The fraction of sp³-hybridized carbons (Fsp3) is 0.286. The molecular weight excluding hydrogens is 246 g/mol.